The molecule has 0 aromatic heterocycles. The molecule has 0 radical (unpaired) electrons. The van der Waals surface area contributed by atoms with Crippen LogP contribution in [0.5, 0.6) is 0 Å². The van der Waals surface area contributed by atoms with Gasteiger partial charge in [-0.2, -0.15) is 21.6 Å². The number of unbranched alkanes of at least 4 members (excludes halogenated alkanes) is 1. The molecule has 0 amide bonds. The zero-order valence-electron chi connectivity index (χ0n) is 8.35. The van der Waals surface area contributed by atoms with E-state index in [0.29, 0.717) is 6.42 Å². The molecule has 9 heteroatoms. The molecule has 0 N–H and O–H groups in total. The molecule has 3 nitrogen and oxygen atoms in total. The molecule has 0 saturated heterocycles. The molecule has 0 bridgehead atoms. The van der Waals surface area contributed by atoms with Crippen molar-refractivity contribution in [2.75, 3.05) is 6.61 Å². The van der Waals surface area contributed by atoms with Gasteiger partial charge in [-0.05, 0) is 6.42 Å². The maximum Gasteiger partial charge on any atom is 0.523 e. The van der Waals surface area contributed by atoms with E-state index >= 15 is 0 Å². The van der Waals surface area contributed by atoms with Crippen LogP contribution in [0.25, 0.3) is 0 Å². The summed E-state index contributed by atoms with van der Waals surface area (Å²) < 4.78 is 84.5. The zero-order valence-corrected chi connectivity index (χ0v) is 9.17. The van der Waals surface area contributed by atoms with Crippen LogP contribution >= 0.6 is 0 Å². The number of alkyl halides is 5. The fourth-order valence-corrected chi connectivity index (χ4v) is 1.20. The van der Waals surface area contributed by atoms with E-state index in [1.807, 2.05) is 0 Å². The van der Waals surface area contributed by atoms with Gasteiger partial charge in [0.05, 0.1) is 0 Å². The van der Waals surface area contributed by atoms with Crippen molar-refractivity contribution in [3.63, 3.8) is 0 Å². The molecule has 98 valence electrons. The second-order valence-corrected chi connectivity index (χ2v) is 4.73. The first kappa shape index (κ1) is 15.6. The topological polar surface area (TPSA) is 43.4 Å². The van der Waals surface area contributed by atoms with Crippen molar-refractivity contribution >= 4 is 10.1 Å². The summed E-state index contributed by atoms with van der Waals surface area (Å²) in [5, 5.41) is 0. The van der Waals surface area contributed by atoms with Gasteiger partial charge in [0.25, 0.3) is 5.92 Å². The fourth-order valence-electron chi connectivity index (χ4n) is 0.738. The molecular weight excluding hydrogens is 259 g/mol. The summed E-state index contributed by atoms with van der Waals surface area (Å²) in [5.41, 5.74) is -5.67. The SMILES string of the molecule is CCCCC(F)(F)COS(=O)(=O)C(F)(F)F. The quantitative estimate of drug-likeness (QED) is 0.423. The molecule has 0 rings (SSSR count). The minimum Gasteiger partial charge on any atom is -0.257 e. The minimum absolute atomic E-state index is 0.0719. The van der Waals surface area contributed by atoms with Gasteiger partial charge in [0.1, 0.15) is 6.61 Å². The van der Waals surface area contributed by atoms with Gasteiger partial charge in [-0.1, -0.05) is 13.3 Å². The Morgan fingerprint density at radius 1 is 1.12 bits per heavy atom. The summed E-state index contributed by atoms with van der Waals surface area (Å²) in [6, 6.07) is 0. The third-order valence-electron chi connectivity index (χ3n) is 1.60. The van der Waals surface area contributed by atoms with Gasteiger partial charge in [0.2, 0.25) is 0 Å². The Balaban J connectivity index is 4.35. The zero-order chi connectivity index (χ0) is 13.0. The van der Waals surface area contributed by atoms with Crippen molar-refractivity contribution in [2.24, 2.45) is 0 Å². The van der Waals surface area contributed by atoms with E-state index in [1.165, 1.54) is 0 Å². The van der Waals surface area contributed by atoms with Crippen LogP contribution < -0.4 is 0 Å². The van der Waals surface area contributed by atoms with Crippen molar-refractivity contribution < 1.29 is 34.6 Å². The first-order chi connectivity index (χ1) is 7.02. The van der Waals surface area contributed by atoms with Crippen LogP contribution in [-0.2, 0) is 14.3 Å². The Hall–Kier alpha value is -0.440. The molecule has 0 aliphatic carbocycles. The Bertz CT molecular complexity index is 308. The first-order valence-corrected chi connectivity index (χ1v) is 5.76. The summed E-state index contributed by atoms with van der Waals surface area (Å²) in [4.78, 5) is 0. The highest BCUT2D eigenvalue weighted by Crippen LogP contribution is 2.28. The Morgan fingerprint density at radius 3 is 2.00 bits per heavy atom. The maximum atomic E-state index is 12.8. The highest BCUT2D eigenvalue weighted by molar-refractivity contribution is 7.87. The average molecular weight is 270 g/mol. The van der Waals surface area contributed by atoms with Crippen LogP contribution in [0, 0.1) is 0 Å². The van der Waals surface area contributed by atoms with Crippen molar-refractivity contribution in [3.05, 3.63) is 0 Å². The largest absolute Gasteiger partial charge is 0.523 e. The standard InChI is InChI=1S/C7H11F5O3S/c1-2-3-4-6(8,9)5-15-16(13,14)7(10,11)12/h2-5H2,1H3. The molecule has 0 fully saturated rings. The van der Waals surface area contributed by atoms with Gasteiger partial charge in [0.15, 0.2) is 0 Å². The predicted octanol–water partition coefficient (Wildman–Crippen LogP) is 2.68. The smallest absolute Gasteiger partial charge is 0.257 e. The second kappa shape index (κ2) is 5.26. The van der Waals surface area contributed by atoms with Gasteiger partial charge in [0, 0.05) is 6.42 Å². The van der Waals surface area contributed by atoms with Crippen molar-refractivity contribution in [3.8, 4) is 0 Å². The van der Waals surface area contributed by atoms with Crippen LogP contribution in [0.4, 0.5) is 22.0 Å². The van der Waals surface area contributed by atoms with Gasteiger partial charge in [-0.25, -0.2) is 8.78 Å². The van der Waals surface area contributed by atoms with Gasteiger partial charge in [-0.15, -0.1) is 0 Å². The van der Waals surface area contributed by atoms with E-state index in [1.54, 1.807) is 6.92 Å². The molecule has 0 unspecified atom stereocenters. The van der Waals surface area contributed by atoms with Crippen LogP contribution in [0.15, 0.2) is 0 Å². The summed E-state index contributed by atoms with van der Waals surface area (Å²) >= 11 is 0. The van der Waals surface area contributed by atoms with E-state index in [4.69, 9.17) is 0 Å². The molecule has 0 aromatic rings. The fraction of sp³-hybridized carbons (Fsp3) is 1.00. The second-order valence-electron chi connectivity index (χ2n) is 3.12. The summed E-state index contributed by atoms with van der Waals surface area (Å²) in [7, 11) is -5.94. The lowest BCUT2D eigenvalue weighted by atomic mass is 10.2. The van der Waals surface area contributed by atoms with Gasteiger partial charge in [-0.3, -0.25) is 4.18 Å². The lowest BCUT2D eigenvalue weighted by Gasteiger charge is -2.16. The van der Waals surface area contributed by atoms with Crippen LogP contribution in [-0.4, -0.2) is 26.5 Å². The average Bonchev–Trinajstić information content (AvgIpc) is 2.10. The summed E-state index contributed by atoms with van der Waals surface area (Å²) in [6.45, 7) is -0.168. The Kier molecular flexibility index (Phi) is 5.12. The van der Waals surface area contributed by atoms with E-state index in [-0.39, 0.29) is 6.42 Å². The molecule has 0 aromatic carbocycles. The maximum absolute atomic E-state index is 12.8. The van der Waals surface area contributed by atoms with Crippen molar-refractivity contribution in [1.82, 2.24) is 0 Å². The molecule has 0 heterocycles. The lowest BCUT2D eigenvalue weighted by Crippen LogP contribution is -2.32. The molecule has 0 saturated carbocycles. The molecule has 16 heavy (non-hydrogen) atoms. The minimum atomic E-state index is -5.94. The molecular formula is C7H11F5O3S. The first-order valence-electron chi connectivity index (χ1n) is 4.35. The Labute approximate surface area is 89.7 Å². The monoisotopic (exact) mass is 270 g/mol. The molecule has 0 spiro atoms. The number of rotatable bonds is 6. The van der Waals surface area contributed by atoms with Crippen molar-refractivity contribution in [2.45, 2.75) is 37.6 Å². The number of halogens is 5. The van der Waals surface area contributed by atoms with Gasteiger partial charge < -0.3 is 0 Å². The third-order valence-corrected chi connectivity index (χ3v) is 2.60. The normalized spacial score (nSPS) is 14.1. The van der Waals surface area contributed by atoms with E-state index < -0.39 is 34.6 Å². The van der Waals surface area contributed by atoms with E-state index in [2.05, 4.69) is 4.18 Å². The predicted molar refractivity (Wildman–Crippen MR) is 45.4 cm³/mol. The summed E-state index contributed by atoms with van der Waals surface area (Å²) in [6.07, 6.45) is -0.221. The lowest BCUT2D eigenvalue weighted by molar-refractivity contribution is -0.0750. The Morgan fingerprint density at radius 2 is 1.62 bits per heavy atom. The third kappa shape index (κ3) is 5.06. The van der Waals surface area contributed by atoms with Crippen LogP contribution in [0.2, 0.25) is 0 Å². The number of hydrogen-bond acceptors (Lipinski definition) is 3. The molecule has 0 aliphatic heterocycles. The summed E-state index contributed by atoms with van der Waals surface area (Å²) in [5.74, 6) is -3.58. The van der Waals surface area contributed by atoms with Crippen LogP contribution in [0.1, 0.15) is 26.2 Å². The highest BCUT2D eigenvalue weighted by atomic mass is 32.2. The molecule has 0 atom stereocenters. The van der Waals surface area contributed by atoms with Crippen molar-refractivity contribution in [1.29, 1.82) is 0 Å². The van der Waals surface area contributed by atoms with Crippen LogP contribution in [0.3, 0.4) is 0 Å². The van der Waals surface area contributed by atoms with Gasteiger partial charge >= 0.3 is 15.6 Å². The number of hydrogen-bond donors (Lipinski definition) is 0. The van der Waals surface area contributed by atoms with E-state index in [9.17, 15) is 30.4 Å². The molecule has 0 aliphatic rings. The highest BCUT2D eigenvalue weighted by Gasteiger charge is 2.48. The van der Waals surface area contributed by atoms with E-state index in [0.717, 1.165) is 0 Å².